The maximum absolute atomic E-state index is 13.9. The van der Waals surface area contributed by atoms with E-state index in [9.17, 15) is 9.18 Å². The summed E-state index contributed by atoms with van der Waals surface area (Å²) in [6.45, 7) is 0. The van der Waals surface area contributed by atoms with E-state index in [2.05, 4.69) is 4.98 Å². The van der Waals surface area contributed by atoms with Crippen LogP contribution in [0.2, 0.25) is 5.02 Å². The van der Waals surface area contributed by atoms with Crippen molar-refractivity contribution in [3.63, 3.8) is 0 Å². The number of methoxy groups -OCH3 is 2. The van der Waals surface area contributed by atoms with Crippen molar-refractivity contribution in [1.82, 2.24) is 9.88 Å². The van der Waals surface area contributed by atoms with Crippen molar-refractivity contribution in [3.05, 3.63) is 88.5 Å². The van der Waals surface area contributed by atoms with E-state index in [0.29, 0.717) is 28.3 Å². The van der Waals surface area contributed by atoms with E-state index in [1.165, 1.54) is 37.3 Å². The highest BCUT2D eigenvalue weighted by atomic mass is 35.5. The van der Waals surface area contributed by atoms with Crippen LogP contribution >= 0.6 is 11.6 Å². The van der Waals surface area contributed by atoms with Crippen molar-refractivity contribution in [3.8, 4) is 11.5 Å². The van der Waals surface area contributed by atoms with E-state index in [1.807, 2.05) is 6.07 Å². The number of carbonyl (C=O) groups excluding carboxylic acids is 1. The van der Waals surface area contributed by atoms with E-state index in [0.717, 1.165) is 0 Å². The van der Waals surface area contributed by atoms with Crippen LogP contribution < -0.4 is 9.47 Å². The van der Waals surface area contributed by atoms with Gasteiger partial charge in [0, 0.05) is 18.8 Å². The summed E-state index contributed by atoms with van der Waals surface area (Å²) in [7, 11) is 4.57. The van der Waals surface area contributed by atoms with Gasteiger partial charge in [-0.05, 0) is 42.0 Å². The molecule has 3 rings (SSSR count). The monoisotopic (exact) mass is 414 g/mol. The Labute approximate surface area is 173 Å². The second kappa shape index (κ2) is 8.92. The lowest BCUT2D eigenvalue weighted by atomic mass is 10.0. The van der Waals surface area contributed by atoms with Crippen LogP contribution in [0.1, 0.15) is 27.7 Å². The minimum Gasteiger partial charge on any atom is -0.493 e. The summed E-state index contributed by atoms with van der Waals surface area (Å²) in [5.74, 6) is -0.0251. The molecule has 1 unspecified atom stereocenters. The fourth-order valence-corrected chi connectivity index (χ4v) is 3.46. The first-order chi connectivity index (χ1) is 14.0. The molecule has 0 N–H and O–H groups in total. The summed E-state index contributed by atoms with van der Waals surface area (Å²) >= 11 is 6.26. The number of amides is 1. The Morgan fingerprint density at radius 3 is 2.52 bits per heavy atom. The zero-order valence-electron chi connectivity index (χ0n) is 16.2. The van der Waals surface area contributed by atoms with Gasteiger partial charge in [0.1, 0.15) is 5.82 Å². The van der Waals surface area contributed by atoms with Crippen LogP contribution in [-0.2, 0) is 0 Å². The van der Waals surface area contributed by atoms with Gasteiger partial charge in [0.25, 0.3) is 5.91 Å². The highest BCUT2D eigenvalue weighted by Crippen LogP contribution is 2.37. The van der Waals surface area contributed by atoms with Crippen LogP contribution in [0.3, 0.4) is 0 Å². The number of hydrogen-bond donors (Lipinski definition) is 0. The Bertz CT molecular complexity index is 1010. The molecule has 7 heteroatoms. The third-order valence-corrected chi connectivity index (χ3v) is 4.80. The van der Waals surface area contributed by atoms with Gasteiger partial charge in [-0.1, -0.05) is 29.8 Å². The Morgan fingerprint density at radius 2 is 1.90 bits per heavy atom. The second-order valence-corrected chi connectivity index (χ2v) is 6.73. The van der Waals surface area contributed by atoms with Crippen LogP contribution in [0.15, 0.2) is 60.8 Å². The molecule has 1 atom stereocenters. The predicted molar refractivity (Wildman–Crippen MR) is 109 cm³/mol. The van der Waals surface area contributed by atoms with Crippen molar-refractivity contribution in [2.24, 2.45) is 0 Å². The van der Waals surface area contributed by atoms with Crippen LogP contribution in [0.25, 0.3) is 0 Å². The van der Waals surface area contributed by atoms with Gasteiger partial charge >= 0.3 is 0 Å². The summed E-state index contributed by atoms with van der Waals surface area (Å²) in [5.41, 5.74) is 1.53. The number of halogens is 2. The molecule has 3 aromatic rings. The lowest BCUT2D eigenvalue weighted by molar-refractivity contribution is 0.0752. The van der Waals surface area contributed by atoms with E-state index in [4.69, 9.17) is 21.1 Å². The molecular weight excluding hydrogens is 395 g/mol. The standard InChI is InChI=1S/C22H20ClFN2O3/c1-26(22(27)15-12-17(23)21(29-3)19(13-15)28-2)20(18-9-4-5-10-25-18)14-7-6-8-16(24)11-14/h4-13,20H,1-3H3. The van der Waals surface area contributed by atoms with Gasteiger partial charge in [-0.2, -0.15) is 0 Å². The van der Waals surface area contributed by atoms with Gasteiger partial charge in [0.2, 0.25) is 0 Å². The van der Waals surface area contributed by atoms with Crippen LogP contribution in [-0.4, -0.2) is 37.1 Å². The molecule has 0 radical (unpaired) electrons. The van der Waals surface area contributed by atoms with Crippen molar-refractivity contribution in [1.29, 1.82) is 0 Å². The third-order valence-electron chi connectivity index (χ3n) is 4.52. The SMILES string of the molecule is COc1cc(C(=O)N(C)C(c2cccc(F)c2)c2ccccn2)cc(Cl)c1OC. The Hall–Kier alpha value is -3.12. The summed E-state index contributed by atoms with van der Waals surface area (Å²) in [6, 6.07) is 14.0. The molecule has 0 aliphatic carbocycles. The Balaban J connectivity index is 2.05. The van der Waals surface area contributed by atoms with Crippen LogP contribution in [0, 0.1) is 5.82 Å². The molecule has 0 fully saturated rings. The average Bonchev–Trinajstić information content (AvgIpc) is 2.73. The first-order valence-corrected chi connectivity index (χ1v) is 9.19. The molecular formula is C22H20ClFN2O3. The summed E-state index contributed by atoms with van der Waals surface area (Å²) in [6.07, 6.45) is 1.63. The highest BCUT2D eigenvalue weighted by molar-refractivity contribution is 6.32. The van der Waals surface area contributed by atoms with Gasteiger partial charge < -0.3 is 14.4 Å². The van der Waals surface area contributed by atoms with Gasteiger partial charge in [-0.3, -0.25) is 9.78 Å². The minimum absolute atomic E-state index is 0.253. The van der Waals surface area contributed by atoms with Crippen molar-refractivity contribution in [2.45, 2.75) is 6.04 Å². The van der Waals surface area contributed by atoms with E-state index in [1.54, 1.807) is 43.6 Å². The van der Waals surface area contributed by atoms with Crippen molar-refractivity contribution < 1.29 is 18.7 Å². The topological polar surface area (TPSA) is 51.7 Å². The molecule has 29 heavy (non-hydrogen) atoms. The highest BCUT2D eigenvalue weighted by Gasteiger charge is 2.27. The Morgan fingerprint density at radius 1 is 1.10 bits per heavy atom. The van der Waals surface area contributed by atoms with Gasteiger partial charge in [-0.15, -0.1) is 0 Å². The molecule has 0 saturated carbocycles. The summed E-state index contributed by atoms with van der Waals surface area (Å²) in [5, 5.41) is 0.253. The second-order valence-electron chi connectivity index (χ2n) is 6.32. The van der Waals surface area contributed by atoms with Crippen molar-refractivity contribution >= 4 is 17.5 Å². The number of aromatic nitrogens is 1. The molecule has 1 aromatic heterocycles. The zero-order valence-corrected chi connectivity index (χ0v) is 17.0. The number of pyridine rings is 1. The largest absolute Gasteiger partial charge is 0.493 e. The van der Waals surface area contributed by atoms with Crippen LogP contribution in [0.4, 0.5) is 4.39 Å². The number of carbonyl (C=O) groups is 1. The molecule has 0 saturated heterocycles. The number of ether oxygens (including phenoxy) is 2. The smallest absolute Gasteiger partial charge is 0.254 e. The summed E-state index contributed by atoms with van der Waals surface area (Å²) in [4.78, 5) is 19.2. The molecule has 0 bridgehead atoms. The van der Waals surface area contributed by atoms with E-state index < -0.39 is 11.9 Å². The minimum atomic E-state index is -0.591. The molecule has 150 valence electrons. The number of rotatable bonds is 6. The molecule has 0 aliphatic heterocycles. The van der Waals surface area contributed by atoms with Gasteiger partial charge in [-0.25, -0.2) is 4.39 Å². The molecule has 1 amide bonds. The number of nitrogens with zero attached hydrogens (tertiary/aromatic N) is 2. The molecule has 1 heterocycles. The zero-order chi connectivity index (χ0) is 21.0. The quantitative estimate of drug-likeness (QED) is 0.584. The normalized spacial score (nSPS) is 11.6. The molecule has 5 nitrogen and oxygen atoms in total. The lowest BCUT2D eigenvalue weighted by Gasteiger charge is -2.28. The van der Waals surface area contributed by atoms with Gasteiger partial charge in [0.15, 0.2) is 11.5 Å². The fraction of sp³-hybridized carbons (Fsp3) is 0.182. The average molecular weight is 415 g/mol. The molecule has 0 aliphatic rings. The molecule has 2 aromatic carbocycles. The van der Waals surface area contributed by atoms with E-state index >= 15 is 0 Å². The van der Waals surface area contributed by atoms with Crippen molar-refractivity contribution in [2.75, 3.05) is 21.3 Å². The van der Waals surface area contributed by atoms with Gasteiger partial charge in [0.05, 0.1) is 31.0 Å². The number of benzene rings is 2. The third kappa shape index (κ3) is 4.32. The fourth-order valence-electron chi connectivity index (χ4n) is 3.17. The predicted octanol–water partition coefficient (Wildman–Crippen LogP) is 4.75. The van der Waals surface area contributed by atoms with E-state index in [-0.39, 0.29) is 10.9 Å². The first kappa shape index (κ1) is 20.6. The Kier molecular flexibility index (Phi) is 6.34. The number of hydrogen-bond acceptors (Lipinski definition) is 4. The maximum Gasteiger partial charge on any atom is 0.254 e. The van der Waals surface area contributed by atoms with Crippen LogP contribution in [0.5, 0.6) is 11.5 Å². The first-order valence-electron chi connectivity index (χ1n) is 8.81. The molecule has 0 spiro atoms. The maximum atomic E-state index is 13.9. The summed E-state index contributed by atoms with van der Waals surface area (Å²) < 4.78 is 24.4. The lowest BCUT2D eigenvalue weighted by Crippen LogP contribution is -2.32.